The summed E-state index contributed by atoms with van der Waals surface area (Å²) in [5.74, 6) is 0.0666. The molecule has 0 aliphatic heterocycles. The summed E-state index contributed by atoms with van der Waals surface area (Å²) in [6, 6.07) is 0. The lowest BCUT2D eigenvalue weighted by Crippen LogP contribution is -2.28. The van der Waals surface area contributed by atoms with Crippen molar-refractivity contribution in [1.29, 1.82) is 0 Å². The van der Waals surface area contributed by atoms with E-state index in [2.05, 4.69) is 5.16 Å². The van der Waals surface area contributed by atoms with E-state index in [9.17, 15) is 9.90 Å². The number of oxime groups is 1. The molecule has 0 aromatic carbocycles. The molecule has 90 valence electrons. The van der Waals surface area contributed by atoms with Gasteiger partial charge in [-0.05, 0) is 19.3 Å². The third kappa shape index (κ3) is 2.84. The third-order valence-electron chi connectivity index (χ3n) is 2.54. The molecule has 0 heterocycles. The molecule has 16 heavy (non-hydrogen) atoms. The molecule has 0 aromatic rings. The molecule has 0 fully saturated rings. The molecule has 0 radical (unpaired) electrons. The molecule has 0 saturated carbocycles. The smallest absolute Gasteiger partial charge is 0.168 e. The van der Waals surface area contributed by atoms with E-state index in [1.54, 1.807) is 6.92 Å². The van der Waals surface area contributed by atoms with Crippen molar-refractivity contribution in [3.63, 3.8) is 0 Å². The minimum atomic E-state index is -0.170. The van der Waals surface area contributed by atoms with Crippen molar-refractivity contribution in [1.82, 2.24) is 0 Å². The summed E-state index contributed by atoms with van der Waals surface area (Å²) in [7, 11) is 0. The van der Waals surface area contributed by atoms with Gasteiger partial charge in [0.05, 0.1) is 11.3 Å². The molecule has 0 spiro atoms. The highest BCUT2D eigenvalue weighted by Gasteiger charge is 2.34. The Bertz CT molecular complexity index is 353. The first-order valence-electron chi connectivity index (χ1n) is 5.49. The first-order chi connectivity index (χ1) is 7.37. The highest BCUT2D eigenvalue weighted by molar-refractivity contribution is 6.22. The minimum absolute atomic E-state index is 0.0605. The average molecular weight is 225 g/mol. The Hall–Kier alpha value is -1.32. The Morgan fingerprint density at radius 1 is 1.50 bits per heavy atom. The van der Waals surface area contributed by atoms with Gasteiger partial charge in [-0.25, -0.2) is 0 Å². The van der Waals surface area contributed by atoms with Gasteiger partial charge in [0.15, 0.2) is 5.78 Å². The fraction of sp³-hybridized carbons (Fsp3) is 0.667. The van der Waals surface area contributed by atoms with Crippen molar-refractivity contribution >= 4 is 11.5 Å². The van der Waals surface area contributed by atoms with E-state index in [-0.39, 0.29) is 17.0 Å². The summed E-state index contributed by atoms with van der Waals surface area (Å²) >= 11 is 0. The summed E-state index contributed by atoms with van der Waals surface area (Å²) in [4.78, 5) is 16.8. The molecule has 0 bridgehead atoms. The number of carbonyl (C=O) groups is 1. The van der Waals surface area contributed by atoms with Gasteiger partial charge in [-0.1, -0.05) is 19.0 Å². The van der Waals surface area contributed by atoms with Crippen molar-refractivity contribution in [2.24, 2.45) is 10.6 Å². The topological polar surface area (TPSA) is 58.9 Å². The van der Waals surface area contributed by atoms with Crippen LogP contribution in [0.3, 0.4) is 0 Å². The number of ketones is 1. The van der Waals surface area contributed by atoms with E-state index < -0.39 is 0 Å². The van der Waals surface area contributed by atoms with Crippen molar-refractivity contribution in [2.75, 3.05) is 6.61 Å². The van der Waals surface area contributed by atoms with Crippen LogP contribution >= 0.6 is 0 Å². The molecule has 0 saturated heterocycles. The maximum atomic E-state index is 11.9. The first kappa shape index (κ1) is 12.7. The molecule has 4 nitrogen and oxygen atoms in total. The number of hydrogen-bond acceptors (Lipinski definition) is 4. The van der Waals surface area contributed by atoms with Crippen molar-refractivity contribution in [3.05, 3.63) is 11.3 Å². The largest absolute Gasteiger partial charge is 0.511 e. The van der Waals surface area contributed by atoms with Gasteiger partial charge in [0.2, 0.25) is 0 Å². The SMILES string of the molecule is CCO/N=C(\C)C1=C(O)CC(C)(C)CC1=O. The highest BCUT2D eigenvalue weighted by atomic mass is 16.6. The second kappa shape index (κ2) is 4.68. The van der Waals surface area contributed by atoms with E-state index in [1.807, 2.05) is 20.8 Å². The van der Waals surface area contributed by atoms with E-state index in [1.165, 1.54) is 0 Å². The van der Waals surface area contributed by atoms with Crippen LogP contribution in [0.1, 0.15) is 40.5 Å². The van der Waals surface area contributed by atoms with Crippen LogP contribution in [0.5, 0.6) is 0 Å². The zero-order valence-electron chi connectivity index (χ0n) is 10.3. The standard InChI is InChI=1S/C12H19NO3/c1-5-16-13-8(2)11-9(14)6-12(3,4)7-10(11)15/h14H,5-7H2,1-4H3/b13-8+. The van der Waals surface area contributed by atoms with Crippen LogP contribution in [0.2, 0.25) is 0 Å². The van der Waals surface area contributed by atoms with Crippen molar-refractivity contribution < 1.29 is 14.7 Å². The number of aliphatic hydroxyl groups is 1. The van der Waals surface area contributed by atoms with Crippen LogP contribution in [0.15, 0.2) is 16.5 Å². The van der Waals surface area contributed by atoms with Crippen LogP contribution in [-0.4, -0.2) is 23.2 Å². The summed E-state index contributed by atoms with van der Waals surface area (Å²) in [5, 5.41) is 13.7. The second-order valence-corrected chi connectivity index (χ2v) is 4.86. The second-order valence-electron chi connectivity index (χ2n) is 4.86. The molecule has 0 amide bonds. The van der Waals surface area contributed by atoms with Gasteiger partial charge < -0.3 is 9.94 Å². The van der Waals surface area contributed by atoms with Crippen molar-refractivity contribution in [3.8, 4) is 0 Å². The van der Waals surface area contributed by atoms with Gasteiger partial charge in [0.1, 0.15) is 12.4 Å². The normalized spacial score (nSPS) is 21.2. The van der Waals surface area contributed by atoms with Gasteiger partial charge in [-0.2, -0.15) is 0 Å². The molecule has 1 aliphatic carbocycles. The van der Waals surface area contributed by atoms with Crippen LogP contribution in [0.4, 0.5) is 0 Å². The molecule has 4 heteroatoms. The van der Waals surface area contributed by atoms with E-state index >= 15 is 0 Å². The van der Waals surface area contributed by atoms with Gasteiger partial charge in [0, 0.05) is 12.8 Å². The Morgan fingerprint density at radius 3 is 2.62 bits per heavy atom. The zero-order valence-corrected chi connectivity index (χ0v) is 10.3. The number of carbonyl (C=O) groups excluding carboxylic acids is 1. The maximum Gasteiger partial charge on any atom is 0.168 e. The molecule has 1 N–H and O–H groups in total. The van der Waals surface area contributed by atoms with Gasteiger partial charge in [0.25, 0.3) is 0 Å². The monoisotopic (exact) mass is 225 g/mol. The lowest BCUT2D eigenvalue weighted by atomic mass is 9.76. The number of Topliss-reactive ketones (excluding diaryl/α,β-unsaturated/α-hetero) is 1. The molecule has 0 aromatic heterocycles. The Balaban J connectivity index is 2.99. The highest BCUT2D eigenvalue weighted by Crippen LogP contribution is 2.36. The average Bonchev–Trinajstić information content (AvgIpc) is 2.11. The summed E-state index contributed by atoms with van der Waals surface area (Å²) < 4.78 is 0. The lowest BCUT2D eigenvalue weighted by Gasteiger charge is -2.29. The molecular weight excluding hydrogens is 206 g/mol. The quantitative estimate of drug-likeness (QED) is 0.593. The van der Waals surface area contributed by atoms with E-state index in [0.29, 0.717) is 30.7 Å². The van der Waals surface area contributed by atoms with E-state index in [0.717, 1.165) is 0 Å². The van der Waals surface area contributed by atoms with Crippen LogP contribution in [-0.2, 0) is 9.63 Å². The fourth-order valence-corrected chi connectivity index (χ4v) is 1.91. The van der Waals surface area contributed by atoms with E-state index in [4.69, 9.17) is 4.84 Å². The number of allylic oxidation sites excluding steroid dienone is 2. The number of aliphatic hydroxyl groups excluding tert-OH is 1. The maximum absolute atomic E-state index is 11.9. The summed E-state index contributed by atoms with van der Waals surface area (Å²) in [5.41, 5.74) is 0.615. The predicted molar refractivity (Wildman–Crippen MR) is 62.4 cm³/mol. The number of hydrogen-bond donors (Lipinski definition) is 1. The Labute approximate surface area is 96.0 Å². The Morgan fingerprint density at radius 2 is 2.12 bits per heavy atom. The van der Waals surface area contributed by atoms with Gasteiger partial charge in [-0.15, -0.1) is 0 Å². The lowest BCUT2D eigenvalue weighted by molar-refractivity contribution is -0.118. The fourth-order valence-electron chi connectivity index (χ4n) is 1.91. The van der Waals surface area contributed by atoms with Crippen LogP contribution < -0.4 is 0 Å². The van der Waals surface area contributed by atoms with Gasteiger partial charge >= 0.3 is 0 Å². The predicted octanol–water partition coefficient (Wildman–Crippen LogP) is 2.60. The van der Waals surface area contributed by atoms with Crippen LogP contribution in [0, 0.1) is 5.41 Å². The summed E-state index contributed by atoms with van der Waals surface area (Å²) in [6.45, 7) is 7.87. The van der Waals surface area contributed by atoms with Crippen LogP contribution in [0.25, 0.3) is 0 Å². The molecular formula is C12H19NO3. The first-order valence-corrected chi connectivity index (χ1v) is 5.49. The molecule has 1 aliphatic rings. The number of nitrogens with zero attached hydrogens (tertiary/aromatic N) is 1. The summed E-state index contributed by atoms with van der Waals surface area (Å²) in [6.07, 6.45) is 0.943. The van der Waals surface area contributed by atoms with Crippen molar-refractivity contribution in [2.45, 2.75) is 40.5 Å². The Kier molecular flexibility index (Phi) is 3.73. The molecule has 0 atom stereocenters. The zero-order chi connectivity index (χ0) is 12.3. The van der Waals surface area contributed by atoms with Gasteiger partial charge in [-0.3, -0.25) is 4.79 Å². The third-order valence-corrected chi connectivity index (χ3v) is 2.54. The molecule has 0 unspecified atom stereocenters. The minimum Gasteiger partial charge on any atom is -0.511 e. The molecule has 1 rings (SSSR count). The number of rotatable bonds is 3.